The van der Waals surface area contributed by atoms with Crippen LogP contribution in [-0.2, 0) is 6.42 Å². The minimum atomic E-state index is -0.825. The highest BCUT2D eigenvalue weighted by Crippen LogP contribution is 2.30. The van der Waals surface area contributed by atoms with E-state index in [0.717, 1.165) is 6.07 Å². The first-order valence-corrected chi connectivity index (χ1v) is 5.67. The number of hydrogen-bond acceptors (Lipinski definition) is 5. The van der Waals surface area contributed by atoms with Gasteiger partial charge in [0.1, 0.15) is 23.7 Å². The summed E-state index contributed by atoms with van der Waals surface area (Å²) in [5.74, 6) is -0.183. The Morgan fingerprint density at radius 2 is 2.32 bits per heavy atom. The van der Waals surface area contributed by atoms with Gasteiger partial charge in [-0.05, 0) is 6.07 Å². The standard InChI is InChI=1S/C10H9ClFN5O2/c11-6-3-8(9(17(18)19)4-7(6)12)13-2-1-10-14-5-15-16-10/h3-5,13H,1-2H2,(H,14,15,16). The number of nitro benzene ring substituents is 1. The van der Waals surface area contributed by atoms with Gasteiger partial charge in [0.15, 0.2) is 0 Å². The molecule has 0 fully saturated rings. The van der Waals surface area contributed by atoms with Gasteiger partial charge in [0.25, 0.3) is 5.69 Å². The molecule has 0 radical (unpaired) electrons. The van der Waals surface area contributed by atoms with Gasteiger partial charge >= 0.3 is 0 Å². The first kappa shape index (κ1) is 13.2. The van der Waals surface area contributed by atoms with Crippen LogP contribution >= 0.6 is 11.6 Å². The van der Waals surface area contributed by atoms with E-state index in [1.54, 1.807) is 0 Å². The predicted molar refractivity (Wildman–Crippen MR) is 66.6 cm³/mol. The van der Waals surface area contributed by atoms with Gasteiger partial charge in [0.05, 0.1) is 16.0 Å². The van der Waals surface area contributed by atoms with Crippen molar-refractivity contribution in [3.05, 3.63) is 45.2 Å². The molecular weight excluding hydrogens is 277 g/mol. The van der Waals surface area contributed by atoms with Gasteiger partial charge < -0.3 is 5.32 Å². The van der Waals surface area contributed by atoms with Crippen LogP contribution in [0.15, 0.2) is 18.5 Å². The summed E-state index contributed by atoms with van der Waals surface area (Å²) in [6.45, 7) is 0.373. The highest BCUT2D eigenvalue weighted by Gasteiger charge is 2.17. The topological polar surface area (TPSA) is 96.7 Å². The van der Waals surface area contributed by atoms with Crippen LogP contribution in [0.4, 0.5) is 15.8 Å². The summed E-state index contributed by atoms with van der Waals surface area (Å²) in [7, 11) is 0. The van der Waals surface area contributed by atoms with E-state index >= 15 is 0 Å². The number of aromatic nitrogens is 3. The number of nitrogens with zero attached hydrogens (tertiary/aromatic N) is 3. The van der Waals surface area contributed by atoms with Gasteiger partial charge in [-0.3, -0.25) is 15.2 Å². The van der Waals surface area contributed by atoms with Crippen LogP contribution in [0.25, 0.3) is 0 Å². The van der Waals surface area contributed by atoms with Crippen LogP contribution in [-0.4, -0.2) is 26.6 Å². The van der Waals surface area contributed by atoms with Gasteiger partial charge in [-0.1, -0.05) is 11.6 Å². The molecular formula is C10H9ClFN5O2. The van der Waals surface area contributed by atoms with E-state index in [1.807, 2.05) is 0 Å². The Morgan fingerprint density at radius 3 is 2.95 bits per heavy atom. The molecule has 0 saturated heterocycles. The Labute approximate surface area is 112 Å². The van der Waals surface area contributed by atoms with E-state index in [4.69, 9.17) is 11.6 Å². The molecule has 1 heterocycles. The molecule has 0 unspecified atom stereocenters. The van der Waals surface area contributed by atoms with Crippen LogP contribution in [0, 0.1) is 15.9 Å². The van der Waals surface area contributed by atoms with Crippen molar-refractivity contribution in [2.45, 2.75) is 6.42 Å². The summed E-state index contributed by atoms with van der Waals surface area (Å²) in [4.78, 5) is 14.0. The number of aromatic amines is 1. The van der Waals surface area contributed by atoms with E-state index in [9.17, 15) is 14.5 Å². The number of nitrogens with one attached hydrogen (secondary N) is 2. The molecule has 9 heteroatoms. The average molecular weight is 286 g/mol. The Kier molecular flexibility index (Phi) is 3.91. The van der Waals surface area contributed by atoms with Gasteiger partial charge in [-0.15, -0.1) is 0 Å². The van der Waals surface area contributed by atoms with Gasteiger partial charge in [0.2, 0.25) is 0 Å². The first-order chi connectivity index (χ1) is 9.08. The fourth-order valence-corrected chi connectivity index (χ4v) is 1.66. The second-order valence-corrected chi connectivity index (χ2v) is 4.06. The van der Waals surface area contributed by atoms with Crippen LogP contribution in [0.2, 0.25) is 5.02 Å². The molecule has 7 nitrogen and oxygen atoms in total. The predicted octanol–water partition coefficient (Wildman–Crippen LogP) is 2.16. The molecule has 0 bridgehead atoms. The lowest BCUT2D eigenvalue weighted by Gasteiger charge is -2.07. The molecule has 0 spiro atoms. The maximum Gasteiger partial charge on any atom is 0.295 e. The van der Waals surface area contributed by atoms with Gasteiger partial charge in [0, 0.05) is 13.0 Å². The summed E-state index contributed by atoms with van der Waals surface area (Å²) in [5.41, 5.74) is -0.199. The zero-order chi connectivity index (χ0) is 13.8. The summed E-state index contributed by atoms with van der Waals surface area (Å²) < 4.78 is 13.2. The molecule has 0 aliphatic carbocycles. The van der Waals surface area contributed by atoms with Gasteiger partial charge in [-0.2, -0.15) is 5.10 Å². The maximum absolute atomic E-state index is 13.2. The molecule has 2 rings (SSSR count). The van der Waals surface area contributed by atoms with E-state index in [2.05, 4.69) is 20.5 Å². The molecule has 19 heavy (non-hydrogen) atoms. The third-order valence-electron chi connectivity index (χ3n) is 2.38. The quantitative estimate of drug-likeness (QED) is 0.648. The number of hydrogen-bond donors (Lipinski definition) is 2. The summed E-state index contributed by atoms with van der Waals surface area (Å²) in [6, 6.07) is 1.98. The minimum absolute atomic E-state index is 0.163. The van der Waals surface area contributed by atoms with Crippen LogP contribution < -0.4 is 5.32 Å². The van der Waals surface area contributed by atoms with Crippen LogP contribution in [0.3, 0.4) is 0 Å². The normalized spacial score (nSPS) is 10.4. The molecule has 0 saturated carbocycles. The highest BCUT2D eigenvalue weighted by atomic mass is 35.5. The third-order valence-corrected chi connectivity index (χ3v) is 2.67. The lowest BCUT2D eigenvalue weighted by molar-refractivity contribution is -0.384. The Bertz CT molecular complexity index is 590. The Hall–Kier alpha value is -2.22. The average Bonchev–Trinajstić information content (AvgIpc) is 2.86. The molecule has 2 aromatic rings. The van der Waals surface area contributed by atoms with Crippen LogP contribution in [0.5, 0.6) is 0 Å². The zero-order valence-corrected chi connectivity index (χ0v) is 10.3. The summed E-state index contributed by atoms with van der Waals surface area (Å²) in [6.07, 6.45) is 1.86. The van der Waals surface area contributed by atoms with Crippen molar-refractivity contribution < 1.29 is 9.31 Å². The third kappa shape index (κ3) is 3.16. The molecule has 1 aromatic heterocycles. The zero-order valence-electron chi connectivity index (χ0n) is 9.56. The van der Waals surface area contributed by atoms with E-state index in [0.29, 0.717) is 18.8 Å². The fourth-order valence-electron chi connectivity index (χ4n) is 1.50. The number of benzene rings is 1. The van der Waals surface area contributed by atoms with Crippen LogP contribution in [0.1, 0.15) is 5.82 Å². The van der Waals surface area contributed by atoms with Gasteiger partial charge in [-0.25, -0.2) is 9.37 Å². The highest BCUT2D eigenvalue weighted by molar-refractivity contribution is 6.31. The second kappa shape index (κ2) is 5.61. The minimum Gasteiger partial charge on any atom is -0.379 e. The molecule has 1 aromatic carbocycles. The number of nitro groups is 1. The largest absolute Gasteiger partial charge is 0.379 e. The lowest BCUT2D eigenvalue weighted by Crippen LogP contribution is -2.08. The Morgan fingerprint density at radius 1 is 1.53 bits per heavy atom. The molecule has 0 aliphatic rings. The van der Waals surface area contributed by atoms with Crippen molar-refractivity contribution in [3.63, 3.8) is 0 Å². The fraction of sp³-hybridized carbons (Fsp3) is 0.200. The lowest BCUT2D eigenvalue weighted by atomic mass is 10.2. The number of anilines is 1. The molecule has 100 valence electrons. The molecule has 2 N–H and O–H groups in total. The van der Waals surface area contributed by atoms with Crippen molar-refractivity contribution >= 4 is 23.0 Å². The number of rotatable bonds is 5. The molecule has 0 amide bonds. The smallest absolute Gasteiger partial charge is 0.295 e. The number of H-pyrrole nitrogens is 1. The second-order valence-electron chi connectivity index (χ2n) is 3.65. The van der Waals surface area contributed by atoms with Crippen molar-refractivity contribution in [1.29, 1.82) is 0 Å². The Balaban J connectivity index is 2.10. The number of halogens is 2. The molecule has 0 atom stereocenters. The van der Waals surface area contributed by atoms with Crippen molar-refractivity contribution in [1.82, 2.24) is 15.2 Å². The molecule has 0 aliphatic heterocycles. The maximum atomic E-state index is 13.2. The van der Waals surface area contributed by atoms with E-state index < -0.39 is 10.7 Å². The first-order valence-electron chi connectivity index (χ1n) is 5.29. The van der Waals surface area contributed by atoms with Crippen molar-refractivity contribution in [2.24, 2.45) is 0 Å². The van der Waals surface area contributed by atoms with E-state index in [1.165, 1.54) is 12.4 Å². The SMILES string of the molecule is O=[N+]([O-])c1cc(F)c(Cl)cc1NCCc1ncn[nH]1. The summed E-state index contributed by atoms with van der Waals surface area (Å²) in [5, 5.41) is 19.8. The van der Waals surface area contributed by atoms with E-state index in [-0.39, 0.29) is 16.4 Å². The van der Waals surface area contributed by atoms with Crippen molar-refractivity contribution in [3.8, 4) is 0 Å². The monoisotopic (exact) mass is 285 g/mol. The van der Waals surface area contributed by atoms with Crippen molar-refractivity contribution in [2.75, 3.05) is 11.9 Å². The summed E-state index contributed by atoms with van der Waals surface area (Å²) >= 11 is 5.60.